The van der Waals surface area contributed by atoms with Gasteiger partial charge >= 0.3 is 0 Å². The van der Waals surface area contributed by atoms with Crippen LogP contribution in [0.25, 0.3) is 0 Å². The largest absolute Gasteiger partial charge is 0.457 e. The smallest absolute Gasteiger partial charge is 0.274 e. The van der Waals surface area contributed by atoms with Gasteiger partial charge in [0.1, 0.15) is 11.5 Å². The van der Waals surface area contributed by atoms with Crippen LogP contribution >= 0.6 is 15.9 Å². The molecule has 0 fully saturated rings. The van der Waals surface area contributed by atoms with E-state index in [9.17, 15) is 10.1 Å². The van der Waals surface area contributed by atoms with E-state index in [1.807, 2.05) is 31.3 Å². The Morgan fingerprint density at radius 2 is 2.05 bits per heavy atom. The normalized spacial score (nSPS) is 10.3. The van der Waals surface area contributed by atoms with Crippen molar-refractivity contribution in [1.82, 2.24) is 5.32 Å². The second kappa shape index (κ2) is 6.49. The summed E-state index contributed by atoms with van der Waals surface area (Å²) in [6.45, 7) is 0.659. The van der Waals surface area contributed by atoms with Crippen LogP contribution in [0.3, 0.4) is 0 Å². The SMILES string of the molecule is CNCc1ccccc1Oc1cc(Br)cc([N+](=O)[O-])c1. The van der Waals surface area contributed by atoms with Crippen LogP contribution in [0.1, 0.15) is 5.56 Å². The quantitative estimate of drug-likeness (QED) is 0.664. The first-order valence-corrected chi connectivity index (χ1v) is 6.75. The summed E-state index contributed by atoms with van der Waals surface area (Å²) in [6.07, 6.45) is 0. The number of non-ortho nitro benzene ring substituents is 1. The van der Waals surface area contributed by atoms with Crippen molar-refractivity contribution in [1.29, 1.82) is 0 Å². The van der Waals surface area contributed by atoms with E-state index < -0.39 is 4.92 Å². The van der Waals surface area contributed by atoms with Crippen LogP contribution in [0.5, 0.6) is 11.5 Å². The van der Waals surface area contributed by atoms with Crippen LogP contribution in [0.4, 0.5) is 5.69 Å². The topological polar surface area (TPSA) is 64.4 Å². The van der Waals surface area contributed by atoms with Crippen LogP contribution in [0.2, 0.25) is 0 Å². The monoisotopic (exact) mass is 336 g/mol. The molecule has 0 aliphatic carbocycles. The fourth-order valence-corrected chi connectivity index (χ4v) is 2.24. The first kappa shape index (κ1) is 14.5. The Morgan fingerprint density at radius 1 is 1.30 bits per heavy atom. The van der Waals surface area contributed by atoms with Crippen molar-refractivity contribution in [2.75, 3.05) is 7.05 Å². The van der Waals surface area contributed by atoms with Crippen LogP contribution in [-0.4, -0.2) is 12.0 Å². The Kier molecular flexibility index (Phi) is 4.70. The van der Waals surface area contributed by atoms with E-state index in [1.165, 1.54) is 12.1 Å². The molecule has 0 spiro atoms. The van der Waals surface area contributed by atoms with Crippen molar-refractivity contribution in [2.45, 2.75) is 6.54 Å². The predicted octanol–water partition coefficient (Wildman–Crippen LogP) is 3.87. The Labute approximate surface area is 124 Å². The molecule has 0 aromatic heterocycles. The highest BCUT2D eigenvalue weighted by molar-refractivity contribution is 9.10. The lowest BCUT2D eigenvalue weighted by Crippen LogP contribution is -2.06. The molecule has 0 unspecified atom stereocenters. The van der Waals surface area contributed by atoms with Crippen molar-refractivity contribution in [3.63, 3.8) is 0 Å². The van der Waals surface area contributed by atoms with E-state index in [1.54, 1.807) is 6.07 Å². The standard InChI is InChI=1S/C14H13BrN2O3/c1-16-9-10-4-2-3-5-14(10)20-13-7-11(15)6-12(8-13)17(18)19/h2-8,16H,9H2,1H3. The van der Waals surface area contributed by atoms with Crippen LogP contribution in [-0.2, 0) is 6.54 Å². The number of nitrogens with one attached hydrogen (secondary N) is 1. The van der Waals surface area contributed by atoms with E-state index in [2.05, 4.69) is 21.2 Å². The van der Waals surface area contributed by atoms with E-state index >= 15 is 0 Å². The molecule has 5 nitrogen and oxygen atoms in total. The van der Waals surface area contributed by atoms with Gasteiger partial charge in [-0.2, -0.15) is 0 Å². The molecule has 104 valence electrons. The molecule has 0 aliphatic rings. The van der Waals surface area contributed by atoms with Gasteiger partial charge in [0.25, 0.3) is 5.69 Å². The van der Waals surface area contributed by atoms with Crippen molar-refractivity contribution < 1.29 is 9.66 Å². The molecule has 2 rings (SSSR count). The second-order valence-electron chi connectivity index (χ2n) is 4.14. The first-order valence-electron chi connectivity index (χ1n) is 5.95. The average Bonchev–Trinajstić information content (AvgIpc) is 2.40. The summed E-state index contributed by atoms with van der Waals surface area (Å²) >= 11 is 3.25. The maximum atomic E-state index is 10.8. The number of rotatable bonds is 5. The number of hydrogen-bond donors (Lipinski definition) is 1. The third kappa shape index (κ3) is 3.55. The van der Waals surface area contributed by atoms with Crippen molar-refractivity contribution in [3.05, 3.63) is 62.6 Å². The Hall–Kier alpha value is -1.92. The molecule has 0 atom stereocenters. The van der Waals surface area contributed by atoms with Gasteiger partial charge in [0.15, 0.2) is 0 Å². The highest BCUT2D eigenvalue weighted by Crippen LogP contribution is 2.31. The zero-order valence-corrected chi connectivity index (χ0v) is 12.4. The molecule has 20 heavy (non-hydrogen) atoms. The zero-order chi connectivity index (χ0) is 14.5. The summed E-state index contributed by atoms with van der Waals surface area (Å²) in [6, 6.07) is 12.1. The van der Waals surface area contributed by atoms with Crippen LogP contribution in [0, 0.1) is 10.1 Å². The molecule has 1 N–H and O–H groups in total. The second-order valence-corrected chi connectivity index (χ2v) is 5.06. The van der Waals surface area contributed by atoms with E-state index in [-0.39, 0.29) is 5.69 Å². The highest BCUT2D eigenvalue weighted by atomic mass is 79.9. The van der Waals surface area contributed by atoms with Crippen LogP contribution < -0.4 is 10.1 Å². The van der Waals surface area contributed by atoms with Gasteiger partial charge < -0.3 is 10.1 Å². The number of nitrogens with zero attached hydrogens (tertiary/aromatic N) is 1. The lowest BCUT2D eigenvalue weighted by atomic mass is 10.2. The number of ether oxygens (including phenoxy) is 1. The van der Waals surface area contributed by atoms with Crippen molar-refractivity contribution in [2.24, 2.45) is 0 Å². The molecule has 2 aromatic rings. The Balaban J connectivity index is 2.32. The lowest BCUT2D eigenvalue weighted by Gasteiger charge is -2.11. The maximum absolute atomic E-state index is 10.8. The average molecular weight is 337 g/mol. The first-order chi connectivity index (χ1) is 9.60. The molecule has 0 saturated heterocycles. The third-order valence-electron chi connectivity index (χ3n) is 2.63. The summed E-state index contributed by atoms with van der Waals surface area (Å²) in [5.74, 6) is 1.10. The zero-order valence-electron chi connectivity index (χ0n) is 10.8. The minimum atomic E-state index is -0.447. The van der Waals surface area contributed by atoms with Gasteiger partial charge in [-0.05, 0) is 19.2 Å². The Bertz CT molecular complexity index is 632. The predicted molar refractivity (Wildman–Crippen MR) is 80.1 cm³/mol. The highest BCUT2D eigenvalue weighted by Gasteiger charge is 2.11. The van der Waals surface area contributed by atoms with Gasteiger partial charge in [0.05, 0.1) is 11.0 Å². The van der Waals surface area contributed by atoms with Gasteiger partial charge in [-0.1, -0.05) is 34.1 Å². The summed E-state index contributed by atoms with van der Waals surface area (Å²) in [7, 11) is 1.85. The number of para-hydroxylation sites is 1. The molecule has 2 aromatic carbocycles. The summed E-state index contributed by atoms with van der Waals surface area (Å²) in [5.41, 5.74) is 0.970. The third-order valence-corrected chi connectivity index (χ3v) is 3.09. The lowest BCUT2D eigenvalue weighted by molar-refractivity contribution is -0.385. The minimum absolute atomic E-state index is 0.0135. The molecule has 6 heteroatoms. The van der Waals surface area contributed by atoms with Gasteiger partial charge in [0.2, 0.25) is 0 Å². The maximum Gasteiger partial charge on any atom is 0.274 e. The van der Waals surface area contributed by atoms with Crippen LogP contribution in [0.15, 0.2) is 46.9 Å². The van der Waals surface area contributed by atoms with Crippen molar-refractivity contribution in [3.8, 4) is 11.5 Å². The summed E-state index contributed by atoms with van der Waals surface area (Å²) in [4.78, 5) is 10.4. The molecule has 0 bridgehead atoms. The number of halogens is 1. The van der Waals surface area contributed by atoms with Gasteiger partial charge in [-0.3, -0.25) is 10.1 Å². The van der Waals surface area contributed by atoms with Gasteiger partial charge in [-0.15, -0.1) is 0 Å². The molecule has 0 amide bonds. The molecular weight excluding hydrogens is 324 g/mol. The number of nitro benzene ring substituents is 1. The molecule has 0 heterocycles. The number of benzene rings is 2. The van der Waals surface area contributed by atoms with Gasteiger partial charge in [0, 0.05) is 22.6 Å². The van der Waals surface area contributed by atoms with Gasteiger partial charge in [-0.25, -0.2) is 0 Å². The number of nitro groups is 1. The fourth-order valence-electron chi connectivity index (χ4n) is 1.78. The summed E-state index contributed by atoms with van der Waals surface area (Å²) < 4.78 is 6.36. The van der Waals surface area contributed by atoms with E-state index in [0.29, 0.717) is 22.5 Å². The molecule has 0 radical (unpaired) electrons. The van der Waals surface area contributed by atoms with Crippen molar-refractivity contribution >= 4 is 21.6 Å². The van der Waals surface area contributed by atoms with E-state index in [4.69, 9.17) is 4.74 Å². The summed E-state index contributed by atoms with van der Waals surface area (Å²) in [5, 5.41) is 13.9. The minimum Gasteiger partial charge on any atom is -0.457 e. The molecule has 0 saturated carbocycles. The molecule has 0 aliphatic heterocycles. The fraction of sp³-hybridized carbons (Fsp3) is 0.143. The number of hydrogen-bond acceptors (Lipinski definition) is 4. The Morgan fingerprint density at radius 3 is 2.75 bits per heavy atom. The molecular formula is C14H13BrN2O3. The van der Waals surface area contributed by atoms with E-state index in [0.717, 1.165) is 5.56 Å².